The van der Waals surface area contributed by atoms with Gasteiger partial charge in [0.1, 0.15) is 0 Å². The summed E-state index contributed by atoms with van der Waals surface area (Å²) in [5.41, 5.74) is 0.747. The normalized spacial score (nSPS) is 23.0. The zero-order valence-corrected chi connectivity index (χ0v) is 18.5. The Morgan fingerprint density at radius 1 is 1.14 bits per heavy atom. The number of hydrogen-bond acceptors (Lipinski definition) is 4. The van der Waals surface area contributed by atoms with E-state index in [1.165, 1.54) is 12.1 Å². The molecule has 1 aromatic carbocycles. The molecule has 2 saturated heterocycles. The van der Waals surface area contributed by atoms with E-state index in [4.69, 9.17) is 0 Å². The van der Waals surface area contributed by atoms with Crippen LogP contribution in [0.25, 0.3) is 0 Å². The van der Waals surface area contributed by atoms with Gasteiger partial charge in [-0.25, -0.2) is 8.78 Å². The topological polar surface area (TPSA) is 47.6 Å². The predicted octanol–water partition coefficient (Wildman–Crippen LogP) is 2.40. The summed E-state index contributed by atoms with van der Waals surface area (Å²) < 4.78 is 26.8. The van der Waals surface area contributed by atoms with Gasteiger partial charge in [0.25, 0.3) is 0 Å². The molecule has 2 N–H and O–H groups in total. The number of rotatable bonds is 6. The average Bonchev–Trinajstić information content (AvgIpc) is 2.69. The number of nitrogens with one attached hydrogen (secondary N) is 2. The van der Waals surface area contributed by atoms with Gasteiger partial charge in [-0.1, -0.05) is 13.0 Å². The van der Waals surface area contributed by atoms with E-state index in [1.807, 2.05) is 0 Å². The molecular formula is C20H32Cl2F2N4O. The smallest absolute Gasteiger partial charge is 0.221 e. The van der Waals surface area contributed by atoms with E-state index in [0.29, 0.717) is 13.0 Å². The lowest BCUT2D eigenvalue weighted by Gasteiger charge is -2.35. The van der Waals surface area contributed by atoms with Crippen LogP contribution in [0.2, 0.25) is 0 Å². The van der Waals surface area contributed by atoms with Crippen LogP contribution in [0.15, 0.2) is 18.2 Å². The number of halogens is 4. The molecule has 1 amide bonds. The van der Waals surface area contributed by atoms with Crippen molar-refractivity contribution >= 4 is 30.7 Å². The Kier molecular flexibility index (Phi) is 11.4. The second-order valence-corrected chi connectivity index (χ2v) is 7.47. The Morgan fingerprint density at radius 3 is 2.48 bits per heavy atom. The zero-order valence-electron chi connectivity index (χ0n) is 16.8. The molecule has 0 aromatic heterocycles. The van der Waals surface area contributed by atoms with Gasteiger partial charge in [0.2, 0.25) is 5.91 Å². The van der Waals surface area contributed by atoms with Crippen molar-refractivity contribution in [3.8, 4) is 0 Å². The summed E-state index contributed by atoms with van der Waals surface area (Å²) in [4.78, 5) is 17.2. The van der Waals surface area contributed by atoms with Crippen molar-refractivity contribution in [3.05, 3.63) is 35.4 Å². The van der Waals surface area contributed by atoms with Crippen molar-refractivity contribution < 1.29 is 13.6 Å². The highest BCUT2D eigenvalue weighted by Crippen LogP contribution is 2.27. The van der Waals surface area contributed by atoms with Crippen LogP contribution in [0.3, 0.4) is 0 Å². The molecule has 0 bridgehead atoms. The Bertz CT molecular complexity index is 645. The van der Waals surface area contributed by atoms with E-state index in [0.717, 1.165) is 57.8 Å². The second-order valence-electron chi connectivity index (χ2n) is 7.47. The molecule has 5 nitrogen and oxygen atoms in total. The molecular weight excluding hydrogens is 421 g/mol. The van der Waals surface area contributed by atoms with E-state index >= 15 is 0 Å². The number of amides is 1. The molecule has 1 aromatic rings. The van der Waals surface area contributed by atoms with Gasteiger partial charge >= 0.3 is 0 Å². The van der Waals surface area contributed by atoms with Gasteiger partial charge in [-0.3, -0.25) is 4.79 Å². The average molecular weight is 453 g/mol. The van der Waals surface area contributed by atoms with Gasteiger partial charge in [0.15, 0.2) is 11.6 Å². The third-order valence-corrected chi connectivity index (χ3v) is 5.77. The van der Waals surface area contributed by atoms with Crippen LogP contribution in [0.4, 0.5) is 8.78 Å². The highest BCUT2D eigenvalue weighted by Gasteiger charge is 2.28. The van der Waals surface area contributed by atoms with Crippen molar-refractivity contribution in [1.29, 1.82) is 0 Å². The Hall–Kier alpha value is -0.990. The number of hydrogen-bond donors (Lipinski definition) is 2. The number of piperidine rings is 1. The van der Waals surface area contributed by atoms with Crippen molar-refractivity contribution in [1.82, 2.24) is 20.4 Å². The summed E-state index contributed by atoms with van der Waals surface area (Å²) in [5.74, 6) is -1.65. The maximum Gasteiger partial charge on any atom is 0.221 e. The summed E-state index contributed by atoms with van der Waals surface area (Å²) in [6.45, 7) is 9.58. The molecule has 2 fully saturated rings. The lowest BCUT2D eigenvalue weighted by Crippen LogP contribution is -2.51. The summed E-state index contributed by atoms with van der Waals surface area (Å²) in [6.07, 6.45) is 1.25. The Morgan fingerprint density at radius 2 is 1.83 bits per heavy atom. The minimum absolute atomic E-state index is 0. The fourth-order valence-electron chi connectivity index (χ4n) is 4.02. The highest BCUT2D eigenvalue weighted by molar-refractivity contribution is 5.85. The first kappa shape index (κ1) is 26.0. The molecule has 9 heteroatoms. The Labute approximate surface area is 184 Å². The first-order valence-corrected chi connectivity index (χ1v) is 9.96. The van der Waals surface area contributed by atoms with Crippen LogP contribution in [0.5, 0.6) is 0 Å². The van der Waals surface area contributed by atoms with E-state index in [9.17, 15) is 13.6 Å². The maximum absolute atomic E-state index is 13.6. The third kappa shape index (κ3) is 7.33. The molecule has 2 heterocycles. The predicted molar refractivity (Wildman–Crippen MR) is 116 cm³/mol. The van der Waals surface area contributed by atoms with E-state index in [2.05, 4.69) is 27.4 Å². The number of carbonyl (C=O) groups excluding carboxylic acids is 1. The molecule has 2 aliphatic rings. The standard InChI is InChI=1S/C20H30F2N4O.2ClH/c1-2-25-9-11-26(12-10-25)8-6-20(27)24-19-14-23-7-5-16(19)15-3-4-17(21)18(22)13-15;;/h3-4,13,16,19,23H,2,5-12,14H2,1H3,(H,24,27);2*1H. The van der Waals surface area contributed by atoms with E-state index in [1.54, 1.807) is 6.07 Å². The van der Waals surface area contributed by atoms with Gasteiger partial charge in [0.05, 0.1) is 0 Å². The minimum Gasteiger partial charge on any atom is -0.351 e. The maximum atomic E-state index is 13.6. The number of benzene rings is 1. The quantitative estimate of drug-likeness (QED) is 0.695. The summed E-state index contributed by atoms with van der Waals surface area (Å²) in [7, 11) is 0. The molecule has 0 saturated carbocycles. The van der Waals surface area contributed by atoms with Gasteiger partial charge in [0, 0.05) is 57.6 Å². The lowest BCUT2D eigenvalue weighted by atomic mass is 9.86. The molecule has 29 heavy (non-hydrogen) atoms. The van der Waals surface area contributed by atoms with Crippen molar-refractivity contribution in [2.75, 3.05) is 52.4 Å². The molecule has 0 aliphatic carbocycles. The number of likely N-dealkylation sites (N-methyl/N-ethyl adjacent to an activating group) is 1. The first-order chi connectivity index (χ1) is 13.1. The number of carbonyl (C=O) groups is 1. The van der Waals surface area contributed by atoms with Gasteiger partial charge in [-0.05, 0) is 37.2 Å². The number of piperazine rings is 1. The fraction of sp³-hybridized carbons (Fsp3) is 0.650. The molecule has 2 atom stereocenters. The van der Waals surface area contributed by atoms with Gasteiger partial charge < -0.3 is 20.4 Å². The summed E-state index contributed by atoms with van der Waals surface area (Å²) >= 11 is 0. The van der Waals surface area contributed by atoms with E-state index < -0.39 is 11.6 Å². The van der Waals surface area contributed by atoms with Crippen LogP contribution in [0.1, 0.15) is 31.2 Å². The summed E-state index contributed by atoms with van der Waals surface area (Å²) in [5, 5.41) is 6.39. The van der Waals surface area contributed by atoms with Crippen LogP contribution >= 0.6 is 24.8 Å². The van der Waals surface area contributed by atoms with Gasteiger partial charge in [-0.15, -0.1) is 24.8 Å². The fourth-order valence-corrected chi connectivity index (χ4v) is 4.02. The highest BCUT2D eigenvalue weighted by atomic mass is 35.5. The van der Waals surface area contributed by atoms with Crippen LogP contribution in [0, 0.1) is 11.6 Å². The monoisotopic (exact) mass is 452 g/mol. The Balaban J connectivity index is 0.00000210. The molecule has 166 valence electrons. The van der Waals surface area contributed by atoms with Crippen LogP contribution in [-0.4, -0.2) is 74.1 Å². The van der Waals surface area contributed by atoms with Crippen molar-refractivity contribution in [3.63, 3.8) is 0 Å². The van der Waals surface area contributed by atoms with Crippen molar-refractivity contribution in [2.45, 2.75) is 31.7 Å². The van der Waals surface area contributed by atoms with Crippen molar-refractivity contribution in [2.24, 2.45) is 0 Å². The minimum atomic E-state index is -0.837. The molecule has 2 aliphatic heterocycles. The first-order valence-electron chi connectivity index (χ1n) is 9.96. The SMILES string of the molecule is CCN1CCN(CCC(=O)NC2CNCCC2c2ccc(F)c(F)c2)CC1.Cl.Cl. The number of nitrogens with zero attached hydrogens (tertiary/aromatic N) is 2. The zero-order chi connectivity index (χ0) is 19.2. The second kappa shape index (κ2) is 12.6. The van der Waals surface area contributed by atoms with Crippen LogP contribution < -0.4 is 10.6 Å². The lowest BCUT2D eigenvalue weighted by molar-refractivity contribution is -0.122. The third-order valence-electron chi connectivity index (χ3n) is 5.77. The largest absolute Gasteiger partial charge is 0.351 e. The summed E-state index contributed by atoms with van der Waals surface area (Å²) in [6, 6.07) is 3.95. The molecule has 2 unspecified atom stereocenters. The van der Waals surface area contributed by atoms with E-state index in [-0.39, 0.29) is 42.7 Å². The van der Waals surface area contributed by atoms with Crippen LogP contribution in [-0.2, 0) is 4.79 Å². The molecule has 3 rings (SSSR count). The molecule has 0 spiro atoms. The molecule has 0 radical (unpaired) electrons. The van der Waals surface area contributed by atoms with Gasteiger partial charge in [-0.2, -0.15) is 0 Å².